The molecule has 7 rings (SSSR count). The van der Waals surface area contributed by atoms with Gasteiger partial charge in [-0.2, -0.15) is 5.10 Å². The fourth-order valence-electron chi connectivity index (χ4n) is 5.79. The van der Waals surface area contributed by atoms with E-state index in [9.17, 15) is 9.18 Å². The number of aromatic amines is 2. The van der Waals surface area contributed by atoms with E-state index in [0.717, 1.165) is 64.4 Å². The zero-order chi connectivity index (χ0) is 28.6. The molecule has 1 fully saturated rings. The van der Waals surface area contributed by atoms with Crippen LogP contribution in [0.5, 0.6) is 5.75 Å². The van der Waals surface area contributed by atoms with Crippen LogP contribution in [-0.2, 0) is 4.79 Å². The minimum absolute atomic E-state index is 0.0590. The Morgan fingerprint density at radius 3 is 2.60 bits per heavy atom. The molecule has 1 aliphatic carbocycles. The number of aromatic nitrogens is 6. The first kappa shape index (κ1) is 25.8. The van der Waals surface area contributed by atoms with Gasteiger partial charge in [-0.15, -0.1) is 0 Å². The van der Waals surface area contributed by atoms with Crippen molar-refractivity contribution in [3.8, 4) is 39.4 Å². The molecule has 0 saturated heterocycles. The lowest BCUT2D eigenvalue weighted by atomic mass is 9.88. The molecule has 1 saturated carbocycles. The second-order valence-corrected chi connectivity index (χ2v) is 10.7. The van der Waals surface area contributed by atoms with Crippen molar-refractivity contribution < 1.29 is 13.9 Å². The number of hydrogen-bond acceptors (Lipinski definition) is 6. The van der Waals surface area contributed by atoms with Crippen molar-refractivity contribution >= 4 is 33.5 Å². The van der Waals surface area contributed by atoms with Crippen LogP contribution in [0.4, 0.5) is 10.1 Å². The molecule has 5 heterocycles. The number of nitrogens with zero attached hydrogens (tertiary/aromatic N) is 4. The number of anilines is 1. The molecule has 1 aromatic carbocycles. The number of hydrogen-bond donors (Lipinski definition) is 3. The maximum atomic E-state index is 14.3. The van der Waals surface area contributed by atoms with Crippen LogP contribution in [0.25, 0.3) is 55.6 Å². The average Bonchev–Trinajstić information content (AvgIpc) is 3.65. The van der Waals surface area contributed by atoms with Crippen LogP contribution in [0.2, 0.25) is 0 Å². The second kappa shape index (κ2) is 10.7. The maximum absolute atomic E-state index is 14.3. The fourth-order valence-corrected chi connectivity index (χ4v) is 5.79. The SMILES string of the molecule is COc1cc(F)cc(-c2cncc3[nH]c(-c4n[nH]c5ncc(-c6cncc(NC(=O)C7CCCCC7)c6)cc45)cc23)c1. The Morgan fingerprint density at radius 1 is 0.905 bits per heavy atom. The number of methoxy groups -OCH3 is 1. The lowest BCUT2D eigenvalue weighted by Gasteiger charge is -2.20. The van der Waals surface area contributed by atoms with E-state index < -0.39 is 0 Å². The zero-order valence-electron chi connectivity index (χ0n) is 22.9. The highest BCUT2D eigenvalue weighted by Gasteiger charge is 2.21. The molecular weight excluding hydrogens is 533 g/mol. The van der Waals surface area contributed by atoms with Gasteiger partial charge in [-0.1, -0.05) is 19.3 Å². The summed E-state index contributed by atoms with van der Waals surface area (Å²) < 4.78 is 19.6. The summed E-state index contributed by atoms with van der Waals surface area (Å²) in [4.78, 5) is 29.6. The van der Waals surface area contributed by atoms with Crippen molar-refractivity contribution in [3.63, 3.8) is 0 Å². The van der Waals surface area contributed by atoms with Gasteiger partial charge in [0, 0.05) is 58.0 Å². The molecule has 0 unspecified atom stereocenters. The molecule has 42 heavy (non-hydrogen) atoms. The Labute approximate surface area is 240 Å². The molecule has 10 heteroatoms. The first-order valence-corrected chi connectivity index (χ1v) is 14.0. The molecule has 6 aromatic rings. The molecule has 0 aliphatic heterocycles. The van der Waals surface area contributed by atoms with Crippen LogP contribution in [-0.4, -0.2) is 43.2 Å². The third-order valence-corrected chi connectivity index (χ3v) is 7.95. The van der Waals surface area contributed by atoms with E-state index in [2.05, 4.69) is 35.5 Å². The summed E-state index contributed by atoms with van der Waals surface area (Å²) in [5.74, 6) is 0.162. The Bertz CT molecular complexity index is 1940. The summed E-state index contributed by atoms with van der Waals surface area (Å²) in [6.45, 7) is 0. The number of carbonyl (C=O) groups excluding carboxylic acids is 1. The van der Waals surface area contributed by atoms with Gasteiger partial charge in [0.05, 0.1) is 36.4 Å². The maximum Gasteiger partial charge on any atom is 0.227 e. The predicted molar refractivity (Wildman–Crippen MR) is 159 cm³/mol. The molecule has 3 N–H and O–H groups in total. The normalized spacial score (nSPS) is 14.0. The summed E-state index contributed by atoms with van der Waals surface area (Å²) >= 11 is 0. The molecule has 0 radical (unpaired) electrons. The molecule has 1 aliphatic rings. The van der Waals surface area contributed by atoms with Crippen molar-refractivity contribution in [1.29, 1.82) is 0 Å². The van der Waals surface area contributed by atoms with Gasteiger partial charge in [-0.05, 0) is 48.7 Å². The van der Waals surface area contributed by atoms with Crippen molar-refractivity contribution in [1.82, 2.24) is 30.1 Å². The summed E-state index contributed by atoms with van der Waals surface area (Å²) in [5.41, 5.74) is 6.65. The van der Waals surface area contributed by atoms with E-state index in [4.69, 9.17) is 4.74 Å². The topological polar surface area (TPSA) is 121 Å². The van der Waals surface area contributed by atoms with E-state index in [0.29, 0.717) is 28.3 Å². The Hall–Kier alpha value is -5.12. The number of amides is 1. The Kier molecular flexibility index (Phi) is 6.58. The molecule has 9 nitrogen and oxygen atoms in total. The molecular formula is C32H28FN7O2. The molecule has 210 valence electrons. The molecule has 0 spiro atoms. The summed E-state index contributed by atoms with van der Waals surface area (Å²) in [6, 6.07) is 10.5. The smallest absolute Gasteiger partial charge is 0.227 e. The number of benzene rings is 1. The third kappa shape index (κ3) is 4.85. The number of pyridine rings is 3. The average molecular weight is 562 g/mol. The number of rotatable bonds is 6. The van der Waals surface area contributed by atoms with Crippen LogP contribution in [0.1, 0.15) is 32.1 Å². The van der Waals surface area contributed by atoms with Gasteiger partial charge in [-0.25, -0.2) is 9.37 Å². The van der Waals surface area contributed by atoms with Gasteiger partial charge in [0.15, 0.2) is 5.65 Å². The minimum Gasteiger partial charge on any atom is -0.497 e. The lowest BCUT2D eigenvalue weighted by molar-refractivity contribution is -0.120. The first-order chi connectivity index (χ1) is 20.6. The molecule has 1 amide bonds. The van der Waals surface area contributed by atoms with E-state index in [1.807, 2.05) is 18.2 Å². The van der Waals surface area contributed by atoms with Crippen molar-refractivity contribution in [2.75, 3.05) is 12.4 Å². The lowest BCUT2D eigenvalue weighted by Crippen LogP contribution is -2.24. The van der Waals surface area contributed by atoms with Gasteiger partial charge < -0.3 is 15.0 Å². The third-order valence-electron chi connectivity index (χ3n) is 7.95. The van der Waals surface area contributed by atoms with E-state index in [1.165, 1.54) is 25.7 Å². The zero-order valence-corrected chi connectivity index (χ0v) is 22.9. The van der Waals surface area contributed by atoms with Gasteiger partial charge in [0.1, 0.15) is 17.3 Å². The van der Waals surface area contributed by atoms with Crippen LogP contribution in [0.15, 0.2) is 67.4 Å². The van der Waals surface area contributed by atoms with E-state index in [-0.39, 0.29) is 17.6 Å². The summed E-state index contributed by atoms with van der Waals surface area (Å²) in [6.07, 6.45) is 13.9. The van der Waals surface area contributed by atoms with E-state index >= 15 is 0 Å². The number of carbonyl (C=O) groups is 1. The van der Waals surface area contributed by atoms with Crippen LogP contribution in [0.3, 0.4) is 0 Å². The fraction of sp³-hybridized carbons (Fsp3) is 0.219. The van der Waals surface area contributed by atoms with Gasteiger partial charge in [0.25, 0.3) is 0 Å². The van der Waals surface area contributed by atoms with Crippen molar-refractivity contribution in [2.45, 2.75) is 32.1 Å². The highest BCUT2D eigenvalue weighted by atomic mass is 19.1. The number of ether oxygens (including phenoxy) is 1. The van der Waals surface area contributed by atoms with Gasteiger partial charge in [0.2, 0.25) is 5.91 Å². The Balaban J connectivity index is 1.23. The minimum atomic E-state index is -0.388. The van der Waals surface area contributed by atoms with Crippen LogP contribution in [0, 0.1) is 11.7 Å². The van der Waals surface area contributed by atoms with Gasteiger partial charge >= 0.3 is 0 Å². The first-order valence-electron chi connectivity index (χ1n) is 14.0. The molecule has 0 bridgehead atoms. The van der Waals surface area contributed by atoms with Gasteiger partial charge in [-0.3, -0.25) is 19.9 Å². The second-order valence-electron chi connectivity index (χ2n) is 10.7. The monoisotopic (exact) mass is 561 g/mol. The quantitative estimate of drug-likeness (QED) is 0.203. The predicted octanol–water partition coefficient (Wildman–Crippen LogP) is 6.90. The summed E-state index contributed by atoms with van der Waals surface area (Å²) in [7, 11) is 1.51. The summed E-state index contributed by atoms with van der Waals surface area (Å²) in [5, 5.41) is 12.3. The number of H-pyrrole nitrogens is 2. The number of nitrogens with one attached hydrogen (secondary N) is 3. The van der Waals surface area contributed by atoms with Crippen LogP contribution >= 0.6 is 0 Å². The van der Waals surface area contributed by atoms with E-state index in [1.54, 1.807) is 37.1 Å². The largest absolute Gasteiger partial charge is 0.497 e. The Morgan fingerprint density at radius 2 is 1.74 bits per heavy atom. The highest BCUT2D eigenvalue weighted by molar-refractivity contribution is 6.01. The molecule has 5 aromatic heterocycles. The highest BCUT2D eigenvalue weighted by Crippen LogP contribution is 2.36. The van der Waals surface area contributed by atoms with Crippen molar-refractivity contribution in [2.24, 2.45) is 5.92 Å². The standard InChI is InChI=1S/C32H28FN7O2/c1-42-24-9-19(7-22(33)11-24)27-16-35-17-29-25(27)12-28(38-29)30-26-10-21(14-36-31(26)40-39-30)20-8-23(15-34-13-20)37-32(41)18-5-3-2-4-6-18/h7-18,38H,2-6H2,1H3,(H,37,41)(H,36,39,40). The molecule has 0 atom stereocenters. The van der Waals surface area contributed by atoms with Crippen molar-refractivity contribution in [3.05, 3.63) is 73.2 Å². The number of fused-ring (bicyclic) bond motifs is 2. The van der Waals surface area contributed by atoms with Crippen LogP contribution < -0.4 is 10.1 Å². The number of halogens is 1.